The van der Waals surface area contributed by atoms with Crippen LogP contribution in [0, 0.1) is 0 Å². The van der Waals surface area contributed by atoms with E-state index in [2.05, 4.69) is 14.8 Å². The molecule has 7 nitrogen and oxygen atoms in total. The van der Waals surface area contributed by atoms with E-state index in [1.54, 1.807) is 0 Å². The molecular formula is C8H9Cl2N3O4. The first kappa shape index (κ1) is 15.6. The van der Waals surface area contributed by atoms with Crippen molar-refractivity contribution in [1.82, 2.24) is 5.32 Å². The van der Waals surface area contributed by atoms with E-state index >= 15 is 0 Å². The Hall–Kier alpha value is -1.43. The van der Waals surface area contributed by atoms with Crippen molar-refractivity contribution in [2.24, 2.45) is 0 Å². The van der Waals surface area contributed by atoms with Crippen LogP contribution in [0.25, 0.3) is 5.53 Å². The fraction of sp³-hybridized carbons (Fsp3) is 0.500. The number of carbonyl (C=O) groups is 3. The van der Waals surface area contributed by atoms with E-state index in [0.717, 1.165) is 7.11 Å². The van der Waals surface area contributed by atoms with Crippen molar-refractivity contribution >= 4 is 47.1 Å². The Morgan fingerprint density at radius 3 is 2.47 bits per heavy atom. The average Bonchev–Trinajstić information content (AvgIpc) is 2.27. The molecule has 1 atom stereocenters. The number of esters is 1. The van der Waals surface area contributed by atoms with Crippen LogP contribution in [0.2, 0.25) is 0 Å². The first-order valence-corrected chi connectivity index (χ1v) is 5.16. The van der Waals surface area contributed by atoms with Gasteiger partial charge in [0.05, 0.1) is 7.11 Å². The number of amides is 1. The third-order valence-electron chi connectivity index (χ3n) is 1.61. The second-order valence-electron chi connectivity index (χ2n) is 2.80. The van der Waals surface area contributed by atoms with Gasteiger partial charge in [0, 0.05) is 6.42 Å². The SMILES string of the molecule is COC(=O)C(CC(=O)C=[N+]=[N-])NC(=O)C(Cl)Cl. The predicted molar refractivity (Wildman–Crippen MR) is 58.7 cm³/mol. The number of halogens is 2. The van der Waals surface area contributed by atoms with Crippen LogP contribution in [0.4, 0.5) is 0 Å². The van der Waals surface area contributed by atoms with E-state index in [1.165, 1.54) is 0 Å². The van der Waals surface area contributed by atoms with Gasteiger partial charge in [0.2, 0.25) is 5.78 Å². The first-order chi connectivity index (χ1) is 7.92. The first-order valence-electron chi connectivity index (χ1n) is 4.29. The van der Waals surface area contributed by atoms with Crippen LogP contribution in [-0.4, -0.2) is 46.7 Å². The number of ether oxygens (including phenoxy) is 1. The van der Waals surface area contributed by atoms with E-state index in [0.29, 0.717) is 6.21 Å². The van der Waals surface area contributed by atoms with Crippen molar-refractivity contribution in [3.8, 4) is 0 Å². The summed E-state index contributed by atoms with van der Waals surface area (Å²) in [5.41, 5.74) is 8.12. The minimum atomic E-state index is -1.37. The Bertz CT molecular complexity index is 366. The Morgan fingerprint density at radius 2 is 2.06 bits per heavy atom. The maximum absolute atomic E-state index is 11.2. The van der Waals surface area contributed by atoms with Crippen LogP contribution in [0.15, 0.2) is 0 Å². The summed E-state index contributed by atoms with van der Waals surface area (Å²) in [6.07, 6.45) is 0.171. The van der Waals surface area contributed by atoms with E-state index in [9.17, 15) is 14.4 Å². The van der Waals surface area contributed by atoms with Gasteiger partial charge >= 0.3 is 12.2 Å². The molecule has 0 rings (SSSR count). The molecule has 0 spiro atoms. The largest absolute Gasteiger partial charge is 0.467 e. The summed E-state index contributed by atoms with van der Waals surface area (Å²) in [5.74, 6) is -2.35. The molecule has 0 bridgehead atoms. The molecule has 9 heteroatoms. The van der Waals surface area contributed by atoms with Gasteiger partial charge in [0.25, 0.3) is 5.91 Å². The van der Waals surface area contributed by atoms with E-state index < -0.39 is 35.0 Å². The van der Waals surface area contributed by atoms with Crippen LogP contribution < -0.4 is 5.32 Å². The molecule has 0 aromatic heterocycles. The molecule has 0 saturated heterocycles. The van der Waals surface area contributed by atoms with Gasteiger partial charge in [-0.15, -0.1) is 0 Å². The molecule has 1 amide bonds. The molecule has 0 heterocycles. The fourth-order valence-corrected chi connectivity index (χ4v) is 1.01. The lowest BCUT2D eigenvalue weighted by atomic mass is 10.1. The second kappa shape index (κ2) is 7.78. The minimum absolute atomic E-state index is 0.428. The van der Waals surface area contributed by atoms with Crippen LogP contribution in [0.5, 0.6) is 0 Å². The zero-order valence-corrected chi connectivity index (χ0v) is 10.2. The van der Waals surface area contributed by atoms with E-state index in [-0.39, 0.29) is 0 Å². The zero-order valence-electron chi connectivity index (χ0n) is 8.72. The normalized spacial score (nSPS) is 11.3. The lowest BCUT2D eigenvalue weighted by Crippen LogP contribution is -2.45. The zero-order chi connectivity index (χ0) is 13.4. The molecule has 0 aliphatic carbocycles. The Balaban J connectivity index is 4.65. The molecule has 0 aromatic rings. The molecule has 1 N–H and O–H groups in total. The van der Waals surface area contributed by atoms with Crippen LogP contribution in [-0.2, 0) is 19.1 Å². The Morgan fingerprint density at radius 1 is 1.47 bits per heavy atom. The number of ketones is 1. The molecule has 1 unspecified atom stereocenters. The van der Waals surface area contributed by atoms with Gasteiger partial charge in [-0.25, -0.2) is 4.79 Å². The summed E-state index contributed by atoms with van der Waals surface area (Å²) in [4.78, 5) is 34.6. The third-order valence-corrected chi connectivity index (χ3v) is 2.00. The predicted octanol–water partition coefficient (Wildman–Crippen LogP) is -0.292. The molecule has 17 heavy (non-hydrogen) atoms. The van der Waals surface area contributed by atoms with Crippen LogP contribution in [0.3, 0.4) is 0 Å². The topological polar surface area (TPSA) is 109 Å². The highest BCUT2D eigenvalue weighted by molar-refractivity contribution is 6.53. The van der Waals surface area contributed by atoms with Crippen molar-refractivity contribution in [3.05, 3.63) is 5.53 Å². The van der Waals surface area contributed by atoms with Crippen molar-refractivity contribution in [3.63, 3.8) is 0 Å². The molecule has 94 valence electrons. The van der Waals surface area contributed by atoms with Crippen molar-refractivity contribution in [2.45, 2.75) is 17.3 Å². The summed E-state index contributed by atoms with van der Waals surface area (Å²) >= 11 is 10.5. The average molecular weight is 282 g/mol. The molecular weight excluding hydrogens is 273 g/mol. The van der Waals surface area contributed by atoms with Gasteiger partial charge in [-0.1, -0.05) is 23.2 Å². The lowest BCUT2D eigenvalue weighted by molar-refractivity contribution is -0.146. The Kier molecular flexibility index (Phi) is 7.13. The molecule has 0 aliphatic heterocycles. The number of alkyl halides is 2. The van der Waals surface area contributed by atoms with Gasteiger partial charge in [0.1, 0.15) is 6.04 Å². The minimum Gasteiger partial charge on any atom is -0.467 e. The summed E-state index contributed by atoms with van der Waals surface area (Å²) in [6.45, 7) is 0. The van der Waals surface area contributed by atoms with Gasteiger partial charge in [-0.2, -0.15) is 4.79 Å². The number of rotatable bonds is 6. The van der Waals surface area contributed by atoms with E-state index in [1.807, 2.05) is 0 Å². The summed E-state index contributed by atoms with van der Waals surface area (Å²) in [6, 6.07) is -1.24. The highest BCUT2D eigenvalue weighted by Crippen LogP contribution is 2.03. The van der Waals surface area contributed by atoms with E-state index in [4.69, 9.17) is 28.7 Å². The summed E-state index contributed by atoms with van der Waals surface area (Å²) in [7, 11) is 1.09. The lowest BCUT2D eigenvalue weighted by Gasteiger charge is -2.14. The number of carbonyl (C=O) groups excluding carboxylic acids is 3. The number of methoxy groups -OCH3 is 1. The number of nitrogens with one attached hydrogen (secondary N) is 1. The quantitative estimate of drug-likeness (QED) is 0.237. The summed E-state index contributed by atoms with van der Waals surface area (Å²) < 4.78 is 4.37. The third kappa shape index (κ3) is 6.01. The van der Waals surface area contributed by atoms with Gasteiger partial charge in [-0.05, 0) is 0 Å². The highest BCUT2D eigenvalue weighted by atomic mass is 35.5. The smallest absolute Gasteiger partial charge is 0.328 e. The maximum atomic E-state index is 11.2. The van der Waals surface area contributed by atoms with Crippen LogP contribution >= 0.6 is 23.2 Å². The summed E-state index contributed by atoms with van der Waals surface area (Å²) in [5, 5.41) is 2.11. The highest BCUT2D eigenvalue weighted by Gasteiger charge is 2.27. The number of hydrogen-bond acceptors (Lipinski definition) is 4. The molecule has 0 aliphatic rings. The second-order valence-corrected chi connectivity index (χ2v) is 3.90. The van der Waals surface area contributed by atoms with Crippen molar-refractivity contribution < 1.29 is 23.9 Å². The van der Waals surface area contributed by atoms with Crippen molar-refractivity contribution in [1.29, 1.82) is 0 Å². The maximum Gasteiger partial charge on any atom is 0.328 e. The number of nitrogens with zero attached hydrogens (tertiary/aromatic N) is 2. The molecule has 0 fully saturated rings. The number of hydrogen-bond donors (Lipinski definition) is 1. The monoisotopic (exact) mass is 281 g/mol. The molecule has 0 saturated carbocycles. The standard InChI is InChI=1S/C8H9Cl2N3O4/c1-17-8(16)5(2-4(14)3-12-11)13-7(15)6(9)10/h3,5-6H,2H2,1H3,(H,13,15). The molecule has 0 radical (unpaired) electrons. The van der Waals surface area contributed by atoms with Crippen LogP contribution in [0.1, 0.15) is 6.42 Å². The van der Waals surface area contributed by atoms with Gasteiger partial charge in [-0.3, -0.25) is 9.59 Å². The fourth-order valence-electron chi connectivity index (χ4n) is 0.889. The molecule has 0 aromatic carbocycles. The van der Waals surface area contributed by atoms with Gasteiger partial charge in [0.15, 0.2) is 4.84 Å². The van der Waals surface area contributed by atoms with Gasteiger partial charge < -0.3 is 15.6 Å². The Labute approximate surface area is 107 Å². The number of Topliss-reactive ketones (excluding diaryl/α,β-unsaturated/α-hetero) is 1. The van der Waals surface area contributed by atoms with Crippen molar-refractivity contribution in [2.75, 3.05) is 7.11 Å².